The summed E-state index contributed by atoms with van der Waals surface area (Å²) >= 11 is 0. The van der Waals surface area contributed by atoms with Crippen LogP contribution in [0.25, 0.3) is 5.69 Å². The number of hydrogen-bond acceptors (Lipinski definition) is 5. The fraction of sp³-hybridized carbons (Fsp3) is 0.381. The van der Waals surface area contributed by atoms with Crippen LogP contribution in [0.3, 0.4) is 0 Å². The molecule has 2 amide bonds. The lowest BCUT2D eigenvalue weighted by atomic mass is 10.1. The minimum absolute atomic E-state index is 0.0867. The van der Waals surface area contributed by atoms with Crippen LogP contribution in [-0.4, -0.2) is 59.7 Å². The Morgan fingerprint density at radius 2 is 1.90 bits per heavy atom. The Hall–Kier alpha value is -3.29. The molecule has 0 spiro atoms. The summed E-state index contributed by atoms with van der Waals surface area (Å²) in [7, 11) is 3.34. The molecule has 8 heteroatoms. The number of hydrogen-bond donors (Lipinski definition) is 0. The first-order valence-electron chi connectivity index (χ1n) is 9.53. The van der Waals surface area contributed by atoms with E-state index in [1.165, 1.54) is 14.4 Å². The number of rotatable bonds is 3. The molecule has 8 nitrogen and oxygen atoms in total. The van der Waals surface area contributed by atoms with Crippen molar-refractivity contribution >= 4 is 11.8 Å². The van der Waals surface area contributed by atoms with Gasteiger partial charge in [-0.05, 0) is 43.5 Å². The van der Waals surface area contributed by atoms with E-state index >= 15 is 0 Å². The molecule has 2 aliphatic heterocycles. The molecule has 1 fully saturated rings. The van der Waals surface area contributed by atoms with Crippen LogP contribution in [0.4, 0.5) is 0 Å². The predicted molar refractivity (Wildman–Crippen MR) is 106 cm³/mol. The molecule has 3 heterocycles. The Kier molecular flexibility index (Phi) is 4.77. The SMILES string of the molecule is Cc1ccn(-c2ccc3c(c2)OCO3)c(=O)c1C(=O)N1CCC[C@H]1C(=O)N(C)C. The highest BCUT2D eigenvalue weighted by molar-refractivity contribution is 5.98. The maximum atomic E-state index is 13.3. The minimum Gasteiger partial charge on any atom is -0.454 e. The third kappa shape index (κ3) is 3.24. The molecule has 0 aliphatic carbocycles. The number of aromatic nitrogens is 1. The van der Waals surface area contributed by atoms with Crippen molar-refractivity contribution in [3.8, 4) is 17.2 Å². The van der Waals surface area contributed by atoms with Crippen LogP contribution in [0.2, 0.25) is 0 Å². The van der Waals surface area contributed by atoms with E-state index < -0.39 is 17.5 Å². The predicted octanol–water partition coefficient (Wildman–Crippen LogP) is 1.57. The lowest BCUT2D eigenvalue weighted by Crippen LogP contribution is -2.47. The van der Waals surface area contributed by atoms with Gasteiger partial charge >= 0.3 is 0 Å². The zero-order chi connectivity index (χ0) is 20.7. The molecule has 0 radical (unpaired) electrons. The summed E-state index contributed by atoms with van der Waals surface area (Å²) in [6.07, 6.45) is 2.97. The van der Waals surface area contributed by atoms with Gasteiger partial charge in [0.05, 0.1) is 5.69 Å². The maximum absolute atomic E-state index is 13.3. The number of likely N-dealkylation sites (tertiary alicyclic amines) is 1. The highest BCUT2D eigenvalue weighted by Crippen LogP contribution is 2.33. The quantitative estimate of drug-likeness (QED) is 0.785. The van der Waals surface area contributed by atoms with E-state index in [9.17, 15) is 14.4 Å². The Balaban J connectivity index is 1.73. The van der Waals surface area contributed by atoms with Gasteiger partial charge in [-0.25, -0.2) is 0 Å². The van der Waals surface area contributed by atoms with Crippen LogP contribution in [0, 0.1) is 6.92 Å². The Labute approximate surface area is 168 Å². The molecule has 1 saturated heterocycles. The Morgan fingerprint density at radius 1 is 1.14 bits per heavy atom. The molecular weight excluding hydrogens is 374 g/mol. The Bertz CT molecular complexity index is 1040. The number of carbonyl (C=O) groups excluding carboxylic acids is 2. The molecule has 0 N–H and O–H groups in total. The van der Waals surface area contributed by atoms with E-state index in [1.807, 2.05) is 0 Å². The van der Waals surface area contributed by atoms with E-state index in [0.717, 1.165) is 6.42 Å². The van der Waals surface area contributed by atoms with Crippen molar-refractivity contribution in [1.29, 1.82) is 0 Å². The largest absolute Gasteiger partial charge is 0.454 e. The van der Waals surface area contributed by atoms with Crippen LogP contribution >= 0.6 is 0 Å². The smallest absolute Gasteiger partial charge is 0.268 e. The van der Waals surface area contributed by atoms with Gasteiger partial charge in [-0.2, -0.15) is 0 Å². The number of aryl methyl sites for hydroxylation is 1. The number of amides is 2. The lowest BCUT2D eigenvalue weighted by molar-refractivity contribution is -0.132. The van der Waals surface area contributed by atoms with Gasteiger partial charge in [0, 0.05) is 32.9 Å². The molecule has 0 bridgehead atoms. The standard InChI is InChI=1S/C21H23N3O5/c1-13-8-10-23(14-6-7-16-17(11-14)29-12-28-16)20(26)18(13)21(27)24-9-4-5-15(24)19(25)22(2)3/h6-8,10-11,15H,4-5,9,12H2,1-3H3/t15-/m0/s1. The second-order valence-corrected chi connectivity index (χ2v) is 7.48. The molecule has 0 saturated carbocycles. The number of ether oxygens (including phenoxy) is 2. The van der Waals surface area contributed by atoms with E-state index in [0.29, 0.717) is 35.7 Å². The summed E-state index contributed by atoms with van der Waals surface area (Å²) < 4.78 is 12.1. The third-order valence-electron chi connectivity index (χ3n) is 5.39. The second-order valence-electron chi connectivity index (χ2n) is 7.48. The minimum atomic E-state index is -0.532. The van der Waals surface area contributed by atoms with Crippen molar-refractivity contribution in [2.45, 2.75) is 25.8 Å². The summed E-state index contributed by atoms with van der Waals surface area (Å²) in [6.45, 7) is 2.33. The molecule has 1 atom stereocenters. The first-order valence-corrected chi connectivity index (χ1v) is 9.53. The summed E-state index contributed by atoms with van der Waals surface area (Å²) in [5.74, 6) is 0.646. The number of likely N-dealkylation sites (N-methyl/N-ethyl adjacent to an activating group) is 1. The molecular formula is C21H23N3O5. The molecule has 0 unspecified atom stereocenters. The average molecular weight is 397 g/mol. The van der Waals surface area contributed by atoms with Gasteiger partial charge in [-0.1, -0.05) is 0 Å². The summed E-state index contributed by atoms with van der Waals surface area (Å²) in [4.78, 5) is 42.0. The fourth-order valence-corrected chi connectivity index (χ4v) is 3.83. The van der Waals surface area contributed by atoms with Crippen LogP contribution < -0.4 is 15.0 Å². The summed E-state index contributed by atoms with van der Waals surface area (Å²) in [6, 6.07) is 6.39. The molecule has 152 valence electrons. The zero-order valence-corrected chi connectivity index (χ0v) is 16.7. The summed E-state index contributed by atoms with van der Waals surface area (Å²) in [5, 5.41) is 0. The molecule has 4 rings (SSSR count). The zero-order valence-electron chi connectivity index (χ0n) is 16.7. The highest BCUT2D eigenvalue weighted by Gasteiger charge is 2.37. The van der Waals surface area contributed by atoms with Crippen molar-refractivity contribution in [3.63, 3.8) is 0 Å². The topological polar surface area (TPSA) is 81.1 Å². The van der Waals surface area contributed by atoms with E-state index in [-0.39, 0.29) is 18.3 Å². The third-order valence-corrected chi connectivity index (χ3v) is 5.39. The Morgan fingerprint density at radius 3 is 2.66 bits per heavy atom. The van der Waals surface area contributed by atoms with Gasteiger partial charge in [0.1, 0.15) is 11.6 Å². The molecule has 1 aromatic carbocycles. The van der Waals surface area contributed by atoms with Crippen molar-refractivity contribution in [2.75, 3.05) is 27.4 Å². The number of benzene rings is 1. The van der Waals surface area contributed by atoms with Crippen molar-refractivity contribution in [2.24, 2.45) is 0 Å². The van der Waals surface area contributed by atoms with Gasteiger partial charge in [-0.3, -0.25) is 19.0 Å². The molecule has 2 aliphatic rings. The van der Waals surface area contributed by atoms with E-state index in [2.05, 4.69) is 0 Å². The van der Waals surface area contributed by atoms with Gasteiger partial charge in [-0.15, -0.1) is 0 Å². The summed E-state index contributed by atoms with van der Waals surface area (Å²) in [5.41, 5.74) is 0.830. The normalized spacial score (nSPS) is 17.5. The van der Waals surface area contributed by atoms with Crippen LogP contribution in [0.1, 0.15) is 28.8 Å². The first-order chi connectivity index (χ1) is 13.9. The highest BCUT2D eigenvalue weighted by atomic mass is 16.7. The van der Waals surface area contributed by atoms with E-state index in [1.54, 1.807) is 51.5 Å². The van der Waals surface area contributed by atoms with Gasteiger partial charge in [0.2, 0.25) is 12.7 Å². The van der Waals surface area contributed by atoms with Crippen LogP contribution in [-0.2, 0) is 4.79 Å². The van der Waals surface area contributed by atoms with Gasteiger partial charge in [0.15, 0.2) is 11.5 Å². The van der Waals surface area contributed by atoms with E-state index in [4.69, 9.17) is 9.47 Å². The molecule has 29 heavy (non-hydrogen) atoms. The molecule has 1 aromatic heterocycles. The van der Waals surface area contributed by atoms with Gasteiger partial charge < -0.3 is 19.3 Å². The number of fused-ring (bicyclic) bond motifs is 1. The second kappa shape index (κ2) is 7.27. The van der Waals surface area contributed by atoms with Crippen molar-refractivity contribution in [1.82, 2.24) is 14.4 Å². The molecule has 2 aromatic rings. The van der Waals surface area contributed by atoms with Crippen molar-refractivity contribution < 1.29 is 19.1 Å². The lowest BCUT2D eigenvalue weighted by Gasteiger charge is -2.26. The number of carbonyl (C=O) groups is 2. The fourth-order valence-electron chi connectivity index (χ4n) is 3.83. The maximum Gasteiger partial charge on any atom is 0.268 e. The number of nitrogens with zero attached hydrogens (tertiary/aromatic N) is 3. The van der Waals surface area contributed by atoms with Crippen LogP contribution in [0.5, 0.6) is 11.5 Å². The van der Waals surface area contributed by atoms with Gasteiger partial charge in [0.25, 0.3) is 11.5 Å². The van der Waals surface area contributed by atoms with Crippen molar-refractivity contribution in [3.05, 3.63) is 51.9 Å². The monoisotopic (exact) mass is 397 g/mol. The average Bonchev–Trinajstić information content (AvgIpc) is 3.36. The first kappa shape index (κ1) is 19.0. The van der Waals surface area contributed by atoms with Crippen LogP contribution in [0.15, 0.2) is 35.3 Å². The number of pyridine rings is 1.